The molecule has 2 heterocycles. The number of dihydropyridines is 1. The third-order valence-corrected chi connectivity index (χ3v) is 4.95. The van der Waals surface area contributed by atoms with Gasteiger partial charge < -0.3 is 5.32 Å². The summed E-state index contributed by atoms with van der Waals surface area (Å²) in [5, 5.41) is 5.80. The standard InChI is InChI=1S/C12H15NS/c1-2-9-3-4-11(13-8-9)12-7-10(12)5-6-14-12/h3-6,8,10-11,13H,2,7H2,1H3. The Balaban J connectivity index is 1.73. The molecule has 0 bridgehead atoms. The number of thioether (sulfide) groups is 1. The molecule has 14 heavy (non-hydrogen) atoms. The normalized spacial score (nSPS) is 43.1. The van der Waals surface area contributed by atoms with Crippen LogP contribution in [-0.4, -0.2) is 10.8 Å². The van der Waals surface area contributed by atoms with Crippen molar-refractivity contribution in [2.45, 2.75) is 30.6 Å². The SMILES string of the molecule is CCC1=CNC(C23CC2C=CS3)C=C1. The summed E-state index contributed by atoms with van der Waals surface area (Å²) in [6.45, 7) is 2.20. The van der Waals surface area contributed by atoms with E-state index in [9.17, 15) is 0 Å². The first kappa shape index (κ1) is 8.66. The minimum Gasteiger partial charge on any atom is -0.383 e. The maximum atomic E-state index is 3.53. The molecular weight excluding hydrogens is 190 g/mol. The Morgan fingerprint density at radius 2 is 2.50 bits per heavy atom. The van der Waals surface area contributed by atoms with E-state index in [0.29, 0.717) is 10.8 Å². The van der Waals surface area contributed by atoms with E-state index < -0.39 is 0 Å². The fourth-order valence-electron chi connectivity index (χ4n) is 2.39. The summed E-state index contributed by atoms with van der Waals surface area (Å²) in [7, 11) is 0. The molecule has 2 aliphatic heterocycles. The molecule has 0 radical (unpaired) electrons. The summed E-state index contributed by atoms with van der Waals surface area (Å²) in [4.78, 5) is 0. The zero-order valence-electron chi connectivity index (χ0n) is 8.36. The van der Waals surface area contributed by atoms with Gasteiger partial charge in [-0.3, -0.25) is 0 Å². The van der Waals surface area contributed by atoms with Crippen LogP contribution in [0, 0.1) is 5.92 Å². The summed E-state index contributed by atoms with van der Waals surface area (Å²) in [5.41, 5.74) is 1.41. The molecule has 0 amide bonds. The maximum absolute atomic E-state index is 3.53. The van der Waals surface area contributed by atoms with E-state index in [-0.39, 0.29) is 0 Å². The van der Waals surface area contributed by atoms with Crippen LogP contribution in [0.2, 0.25) is 0 Å². The highest BCUT2D eigenvalue weighted by Gasteiger charge is 2.59. The lowest BCUT2D eigenvalue weighted by Gasteiger charge is -2.25. The molecule has 3 atom stereocenters. The molecule has 0 aromatic carbocycles. The Morgan fingerprint density at radius 1 is 1.57 bits per heavy atom. The second-order valence-electron chi connectivity index (χ2n) is 4.29. The van der Waals surface area contributed by atoms with Gasteiger partial charge in [-0.15, -0.1) is 11.8 Å². The molecule has 0 saturated heterocycles. The zero-order chi connectivity index (χ0) is 9.60. The average Bonchev–Trinajstić information content (AvgIpc) is 2.82. The van der Waals surface area contributed by atoms with Gasteiger partial charge in [0.15, 0.2) is 0 Å². The first-order valence-electron chi connectivity index (χ1n) is 5.33. The van der Waals surface area contributed by atoms with Crippen molar-refractivity contribution in [2.75, 3.05) is 0 Å². The number of fused-ring (bicyclic) bond motifs is 1. The molecule has 3 aliphatic rings. The third kappa shape index (κ3) is 1.10. The molecule has 1 aliphatic carbocycles. The van der Waals surface area contributed by atoms with E-state index in [1.807, 2.05) is 11.8 Å². The van der Waals surface area contributed by atoms with E-state index in [0.717, 1.165) is 12.3 Å². The van der Waals surface area contributed by atoms with E-state index in [4.69, 9.17) is 0 Å². The van der Waals surface area contributed by atoms with Crippen LogP contribution in [0.1, 0.15) is 19.8 Å². The topological polar surface area (TPSA) is 12.0 Å². The monoisotopic (exact) mass is 205 g/mol. The predicted octanol–water partition coefficient (Wildman–Crippen LogP) is 2.83. The van der Waals surface area contributed by atoms with Gasteiger partial charge in [0.2, 0.25) is 0 Å². The van der Waals surface area contributed by atoms with E-state index in [1.54, 1.807) is 0 Å². The average molecular weight is 205 g/mol. The van der Waals surface area contributed by atoms with Gasteiger partial charge >= 0.3 is 0 Å². The summed E-state index contributed by atoms with van der Waals surface area (Å²) in [6.07, 6.45) is 11.7. The van der Waals surface area contributed by atoms with Gasteiger partial charge in [0.25, 0.3) is 0 Å². The van der Waals surface area contributed by atoms with Gasteiger partial charge in [-0.05, 0) is 29.7 Å². The smallest absolute Gasteiger partial charge is 0.0598 e. The molecule has 1 saturated carbocycles. The Morgan fingerprint density at radius 3 is 3.00 bits per heavy atom. The van der Waals surface area contributed by atoms with Gasteiger partial charge in [0.1, 0.15) is 0 Å². The first-order valence-corrected chi connectivity index (χ1v) is 6.21. The molecule has 1 nitrogen and oxygen atoms in total. The molecular formula is C12H15NS. The molecule has 1 N–H and O–H groups in total. The minimum atomic E-state index is 0.478. The Bertz CT molecular complexity index is 342. The first-order chi connectivity index (χ1) is 6.85. The quantitative estimate of drug-likeness (QED) is 0.744. The Labute approximate surface area is 89.3 Å². The molecule has 1 fully saturated rings. The van der Waals surface area contributed by atoms with Crippen LogP contribution in [0.4, 0.5) is 0 Å². The highest BCUT2D eigenvalue weighted by molar-refractivity contribution is 8.04. The minimum absolute atomic E-state index is 0.478. The summed E-state index contributed by atoms with van der Waals surface area (Å²) < 4.78 is 0.478. The fraction of sp³-hybridized carbons (Fsp3) is 0.500. The van der Waals surface area contributed by atoms with E-state index >= 15 is 0 Å². The second kappa shape index (κ2) is 2.93. The number of allylic oxidation sites excluding steroid dienone is 3. The predicted molar refractivity (Wildman–Crippen MR) is 62.0 cm³/mol. The molecule has 2 heteroatoms. The molecule has 0 aromatic heterocycles. The molecule has 3 rings (SSSR count). The van der Waals surface area contributed by atoms with Crippen LogP contribution in [-0.2, 0) is 0 Å². The lowest BCUT2D eigenvalue weighted by atomic mass is 10.0. The highest BCUT2D eigenvalue weighted by Crippen LogP contribution is 2.62. The lowest BCUT2D eigenvalue weighted by molar-refractivity contribution is 0.630. The summed E-state index contributed by atoms with van der Waals surface area (Å²) in [6, 6.07) is 0.544. The summed E-state index contributed by atoms with van der Waals surface area (Å²) >= 11 is 2.01. The van der Waals surface area contributed by atoms with E-state index in [1.165, 1.54) is 12.0 Å². The molecule has 0 aromatic rings. The Hall–Kier alpha value is -0.630. The van der Waals surface area contributed by atoms with Crippen LogP contribution in [0.5, 0.6) is 0 Å². The zero-order valence-corrected chi connectivity index (χ0v) is 9.18. The van der Waals surface area contributed by atoms with Crippen molar-refractivity contribution in [1.82, 2.24) is 5.32 Å². The second-order valence-corrected chi connectivity index (χ2v) is 5.56. The van der Waals surface area contributed by atoms with Gasteiger partial charge in [-0.2, -0.15) is 0 Å². The number of hydrogen-bond acceptors (Lipinski definition) is 2. The Kier molecular flexibility index (Phi) is 1.81. The van der Waals surface area contributed by atoms with Gasteiger partial charge in [0, 0.05) is 6.20 Å². The molecule has 74 valence electrons. The van der Waals surface area contributed by atoms with Crippen LogP contribution in [0.25, 0.3) is 0 Å². The lowest BCUT2D eigenvalue weighted by Crippen LogP contribution is -2.37. The van der Waals surface area contributed by atoms with Crippen molar-refractivity contribution in [3.05, 3.63) is 35.4 Å². The van der Waals surface area contributed by atoms with Crippen LogP contribution >= 0.6 is 11.8 Å². The van der Waals surface area contributed by atoms with E-state index in [2.05, 4.69) is 42.1 Å². The number of nitrogens with one attached hydrogen (secondary N) is 1. The van der Waals surface area contributed by atoms with Crippen molar-refractivity contribution in [2.24, 2.45) is 5.92 Å². The fourth-order valence-corrected chi connectivity index (χ4v) is 3.73. The van der Waals surface area contributed by atoms with Gasteiger partial charge in [-0.25, -0.2) is 0 Å². The van der Waals surface area contributed by atoms with Crippen molar-refractivity contribution < 1.29 is 0 Å². The molecule has 0 spiro atoms. The van der Waals surface area contributed by atoms with Gasteiger partial charge in [0.05, 0.1) is 10.8 Å². The van der Waals surface area contributed by atoms with Crippen LogP contribution in [0.15, 0.2) is 35.4 Å². The van der Waals surface area contributed by atoms with Crippen molar-refractivity contribution in [1.29, 1.82) is 0 Å². The molecule has 3 unspecified atom stereocenters. The van der Waals surface area contributed by atoms with Gasteiger partial charge in [-0.1, -0.05) is 25.2 Å². The highest BCUT2D eigenvalue weighted by atomic mass is 32.2. The van der Waals surface area contributed by atoms with Crippen molar-refractivity contribution in [3.8, 4) is 0 Å². The van der Waals surface area contributed by atoms with Crippen LogP contribution in [0.3, 0.4) is 0 Å². The van der Waals surface area contributed by atoms with Crippen molar-refractivity contribution >= 4 is 11.8 Å². The van der Waals surface area contributed by atoms with Crippen LogP contribution < -0.4 is 5.32 Å². The number of hydrogen-bond donors (Lipinski definition) is 1. The number of rotatable bonds is 2. The van der Waals surface area contributed by atoms with Crippen molar-refractivity contribution in [3.63, 3.8) is 0 Å². The summed E-state index contributed by atoms with van der Waals surface area (Å²) in [5.74, 6) is 0.825. The third-order valence-electron chi connectivity index (χ3n) is 3.49. The largest absolute Gasteiger partial charge is 0.383 e. The maximum Gasteiger partial charge on any atom is 0.0598 e.